The second kappa shape index (κ2) is 28.4. The summed E-state index contributed by atoms with van der Waals surface area (Å²) in [6.07, 6.45) is 5.02. The van der Waals surface area contributed by atoms with Gasteiger partial charge in [-0.2, -0.15) is 0 Å². The maximum absolute atomic E-state index is 11.1. The first-order valence-corrected chi connectivity index (χ1v) is 23.5. The molecule has 0 atom stereocenters. The summed E-state index contributed by atoms with van der Waals surface area (Å²) in [5, 5.41) is 14.8. The summed E-state index contributed by atoms with van der Waals surface area (Å²) in [5.74, 6) is -2.33. The van der Waals surface area contributed by atoms with Crippen LogP contribution in [0.25, 0.3) is 46.5 Å². The van der Waals surface area contributed by atoms with Crippen molar-refractivity contribution in [3.05, 3.63) is 115 Å². The van der Waals surface area contributed by atoms with Crippen LogP contribution in [0.15, 0.2) is 84.2 Å². The number of nitrogens with zero attached hydrogens (tertiary/aromatic N) is 6. The molecule has 6 aromatic rings. The number of aromatic nitrogens is 2. The van der Waals surface area contributed by atoms with Gasteiger partial charge in [-0.25, -0.2) is 0 Å². The molecule has 6 aromatic heterocycles. The zero-order valence-corrected chi connectivity index (χ0v) is 37.4. The quantitative estimate of drug-likeness (QED) is 0.0258. The monoisotopic (exact) mass is 1050 g/mol. The van der Waals surface area contributed by atoms with E-state index in [-0.39, 0.29) is 32.7 Å². The van der Waals surface area contributed by atoms with Gasteiger partial charge in [0.15, 0.2) is 0 Å². The van der Waals surface area contributed by atoms with Crippen LogP contribution < -0.4 is 0 Å². The van der Waals surface area contributed by atoms with Crippen molar-refractivity contribution in [1.82, 2.24) is 9.97 Å². The molecule has 0 amide bonds. The van der Waals surface area contributed by atoms with Gasteiger partial charge in [0, 0.05) is 18.1 Å². The Kier molecular flexibility index (Phi) is 23.9. The predicted molar refractivity (Wildman–Crippen MR) is 216 cm³/mol. The first kappa shape index (κ1) is 48.1. The van der Waals surface area contributed by atoms with Gasteiger partial charge in [-0.15, -0.1) is 0 Å². The normalized spacial score (nSPS) is 11.0. The Morgan fingerprint density at radius 1 is 0.807 bits per heavy atom. The number of aromatic carboxylic acids is 1. The van der Waals surface area contributed by atoms with Crippen LogP contribution in [0.4, 0.5) is 0 Å². The van der Waals surface area contributed by atoms with E-state index in [0.29, 0.717) is 54.9 Å². The summed E-state index contributed by atoms with van der Waals surface area (Å²) >= 11 is 1.28. The summed E-state index contributed by atoms with van der Waals surface area (Å²) < 4.78 is 22.4. The number of hydrogen-bond donors (Lipinski definition) is 3. The van der Waals surface area contributed by atoms with Gasteiger partial charge >= 0.3 is 282 Å². The second-order valence-corrected chi connectivity index (χ2v) is 18.3. The summed E-state index contributed by atoms with van der Waals surface area (Å²) in [6, 6.07) is 15.0. The summed E-state index contributed by atoms with van der Waals surface area (Å²) in [4.78, 5) is 71.5. The Morgan fingerprint density at radius 3 is 1.79 bits per heavy atom. The number of methoxy groups -OCH3 is 3. The van der Waals surface area contributed by atoms with Crippen LogP contribution in [0.5, 0.6) is 0 Å². The third-order valence-corrected chi connectivity index (χ3v) is 13.5. The van der Waals surface area contributed by atoms with Gasteiger partial charge in [0.2, 0.25) is 0 Å². The van der Waals surface area contributed by atoms with Crippen molar-refractivity contribution in [2.75, 3.05) is 41.1 Å². The SMILES string of the molecule is C1CCOC1.COC(=O)/C(=C/c1ccc[se]1)N=[N+]=[N-].COC(=O)CN=[N+]=[N-].COC(=O)c1cc2[se]ccc2[nH]1.O=C(O)c1cc2[se]ccc2[nH]1.O=Cc1ccc[se]1. The van der Waals surface area contributed by atoms with E-state index >= 15 is 0 Å². The number of nitrogens with one attached hydrogen (secondary N) is 2. The average Bonchev–Trinajstić information content (AvgIpc) is 4.07. The molecule has 0 bridgehead atoms. The van der Waals surface area contributed by atoms with Crippen LogP contribution in [0.1, 0.15) is 47.5 Å². The number of H-pyrrole nitrogens is 2. The zero-order chi connectivity index (χ0) is 41.8. The van der Waals surface area contributed by atoms with E-state index in [0.717, 1.165) is 43.7 Å². The molecular weight excluding hydrogens is 1010 g/mol. The molecule has 0 spiro atoms. The predicted octanol–water partition coefficient (Wildman–Crippen LogP) is 5.33. The van der Waals surface area contributed by atoms with Gasteiger partial charge < -0.3 is 9.47 Å². The molecular formula is C35H36N8O10Se4. The van der Waals surface area contributed by atoms with E-state index in [9.17, 15) is 24.0 Å². The number of hydrogen-bond acceptors (Lipinski definition) is 11. The van der Waals surface area contributed by atoms with E-state index in [1.54, 1.807) is 12.1 Å². The average molecular weight is 1040 g/mol. The molecule has 0 aliphatic carbocycles. The van der Waals surface area contributed by atoms with Crippen LogP contribution in [-0.4, -0.2) is 144 Å². The zero-order valence-electron chi connectivity index (χ0n) is 30.6. The van der Waals surface area contributed by atoms with Gasteiger partial charge in [0.05, 0.1) is 7.11 Å². The Morgan fingerprint density at radius 2 is 1.39 bits per heavy atom. The van der Waals surface area contributed by atoms with E-state index < -0.39 is 17.9 Å². The van der Waals surface area contributed by atoms with Crippen LogP contribution in [0.3, 0.4) is 0 Å². The molecule has 1 saturated heterocycles. The number of carboxylic acid groups (broad SMARTS) is 1. The number of rotatable bonds is 8. The van der Waals surface area contributed by atoms with Gasteiger partial charge in [-0.05, 0) is 18.4 Å². The number of carboxylic acids is 1. The van der Waals surface area contributed by atoms with Gasteiger partial charge in [-0.1, -0.05) is 5.11 Å². The number of carbonyl (C=O) groups excluding carboxylic acids is 4. The molecule has 0 radical (unpaired) electrons. The van der Waals surface area contributed by atoms with E-state index in [4.69, 9.17) is 20.9 Å². The van der Waals surface area contributed by atoms with Crippen LogP contribution >= 0.6 is 0 Å². The first-order chi connectivity index (χ1) is 27.6. The number of aromatic amines is 2. The molecule has 3 N–H and O–H groups in total. The Labute approximate surface area is 349 Å². The maximum atomic E-state index is 11.1. The van der Waals surface area contributed by atoms with Crippen LogP contribution in [0, 0.1) is 0 Å². The molecule has 1 aliphatic heterocycles. The van der Waals surface area contributed by atoms with E-state index in [1.807, 2.05) is 52.3 Å². The molecule has 18 nitrogen and oxygen atoms in total. The molecule has 0 saturated carbocycles. The van der Waals surface area contributed by atoms with Crippen molar-refractivity contribution in [1.29, 1.82) is 0 Å². The summed E-state index contributed by atoms with van der Waals surface area (Å²) in [5.41, 5.74) is 18.7. The van der Waals surface area contributed by atoms with Crippen molar-refractivity contribution < 1.29 is 48.0 Å². The number of ether oxygens (including phenoxy) is 4. The summed E-state index contributed by atoms with van der Waals surface area (Å²) in [7, 11) is 3.86. The van der Waals surface area contributed by atoms with Crippen molar-refractivity contribution >= 4 is 114 Å². The van der Waals surface area contributed by atoms with Crippen molar-refractivity contribution in [2.45, 2.75) is 12.8 Å². The number of carbonyl (C=O) groups is 5. The second-order valence-electron chi connectivity index (χ2n) is 10.2. The van der Waals surface area contributed by atoms with Crippen molar-refractivity contribution in [3.8, 4) is 0 Å². The molecule has 1 fully saturated rings. The van der Waals surface area contributed by atoms with Crippen molar-refractivity contribution in [3.63, 3.8) is 0 Å². The van der Waals surface area contributed by atoms with Gasteiger partial charge in [0.25, 0.3) is 0 Å². The standard InChI is InChI=1S/C8H7N3O2Se.C8H7NO2Se.C7H5NO2Se.C5H4OSe.C4H8O.C3H5N3O2/c1-13-8(12)7(10-11-9)5-6-3-2-4-14-6;1-11-8(10)6-4-7-5(9-6)2-3-12-7;9-7(10)5-3-6-4(8-5)1-2-11-6;6-4-5-2-1-3-7-5;1-2-4-5-3-1;1-8-3(7)2-5-6-4/h2-5H,1H3;2-4,9H,1H3;1-3,8H,(H,9,10);1-4H;1-4H2;2H2,1H3/b7-5-;;;;;. The number of azide groups is 2. The fourth-order valence-corrected chi connectivity index (χ4v) is 9.60. The topological polar surface area (TPSA) is 272 Å². The van der Waals surface area contributed by atoms with E-state index in [1.165, 1.54) is 38.4 Å². The first-order valence-electron chi connectivity index (χ1n) is 16.1. The number of fused-ring (bicyclic) bond motifs is 2. The van der Waals surface area contributed by atoms with Crippen molar-refractivity contribution in [2.24, 2.45) is 10.2 Å². The van der Waals surface area contributed by atoms with Crippen LogP contribution in [-0.2, 0) is 28.5 Å². The fraction of sp³-hybridized carbons (Fsp3) is 0.229. The number of esters is 3. The molecule has 57 heavy (non-hydrogen) atoms. The Balaban J connectivity index is 0.000000243. The fourth-order valence-electron chi connectivity index (χ4n) is 3.84. The third kappa shape index (κ3) is 18.6. The summed E-state index contributed by atoms with van der Waals surface area (Å²) in [6.45, 7) is 1.77. The molecule has 1 aliphatic rings. The van der Waals surface area contributed by atoms with Crippen LogP contribution in [0.2, 0.25) is 0 Å². The molecule has 300 valence electrons. The molecule has 0 unspecified atom stereocenters. The van der Waals surface area contributed by atoms with E-state index in [2.05, 4.69) is 54.1 Å². The molecule has 7 rings (SSSR count). The van der Waals surface area contributed by atoms with Gasteiger partial charge in [-0.3, -0.25) is 4.79 Å². The third-order valence-electron chi connectivity index (χ3n) is 6.46. The Bertz CT molecular complexity index is 2190. The molecule has 0 aromatic carbocycles. The van der Waals surface area contributed by atoms with Gasteiger partial charge in [0.1, 0.15) is 6.54 Å². The Hall–Kier alpha value is -5.05. The molecule has 7 heterocycles. The molecule has 22 heteroatoms. The minimum absolute atomic E-state index is 0.00757. The minimum atomic E-state index is -0.886. The number of aldehydes is 1.